The van der Waals surface area contributed by atoms with Crippen molar-refractivity contribution in [1.29, 1.82) is 0 Å². The van der Waals surface area contributed by atoms with Gasteiger partial charge >= 0.3 is 0 Å². The lowest BCUT2D eigenvalue weighted by molar-refractivity contribution is -0.138. The molecular formula is C5H8N2O4. The van der Waals surface area contributed by atoms with Gasteiger partial charge in [0, 0.05) is 0 Å². The molecule has 0 saturated carbocycles. The van der Waals surface area contributed by atoms with Crippen LogP contribution < -0.4 is 0 Å². The van der Waals surface area contributed by atoms with E-state index in [2.05, 4.69) is 4.99 Å². The summed E-state index contributed by atoms with van der Waals surface area (Å²) in [5.41, 5.74) is 0. The summed E-state index contributed by atoms with van der Waals surface area (Å²) >= 11 is 0. The number of hydrogen-bond acceptors (Lipinski definition) is 6. The highest BCUT2D eigenvalue weighted by atomic mass is 16.5. The van der Waals surface area contributed by atoms with Crippen molar-refractivity contribution in [2.45, 2.75) is 13.2 Å². The molecule has 11 heavy (non-hydrogen) atoms. The monoisotopic (exact) mass is 160 g/mol. The molecule has 6 nitrogen and oxygen atoms in total. The smallest absolute Gasteiger partial charge is 0.256 e. The summed E-state index contributed by atoms with van der Waals surface area (Å²) in [4.78, 5) is 3.31. The average molecular weight is 160 g/mol. The van der Waals surface area contributed by atoms with E-state index < -0.39 is 17.9 Å². The third-order valence-electron chi connectivity index (χ3n) is 1.30. The fraction of sp³-hybridized carbons (Fsp3) is 0.400. The zero-order valence-electron chi connectivity index (χ0n) is 5.76. The molecule has 4 N–H and O–H groups in total. The quantitative estimate of drug-likeness (QED) is 0.390. The maximum Gasteiger partial charge on any atom is 0.256 e. The minimum absolute atomic E-state index is 0.00722. The second-order valence-corrected chi connectivity index (χ2v) is 2.09. The fourth-order valence-corrected chi connectivity index (χ4v) is 0.670. The first-order valence-electron chi connectivity index (χ1n) is 2.87. The number of hydroxylamine groups is 2. The van der Waals surface area contributed by atoms with Crippen LogP contribution in [0.25, 0.3) is 0 Å². The molecule has 0 radical (unpaired) electrons. The molecule has 0 saturated heterocycles. The topological polar surface area (TPSA) is 96.5 Å². The van der Waals surface area contributed by atoms with Gasteiger partial charge in [0.2, 0.25) is 12.0 Å². The third-order valence-corrected chi connectivity index (χ3v) is 1.30. The molecule has 1 aliphatic heterocycles. The molecule has 1 atom stereocenters. The number of nitrogens with zero attached hydrogens (tertiary/aromatic N) is 2. The highest BCUT2D eigenvalue weighted by Crippen LogP contribution is 2.14. The zero-order chi connectivity index (χ0) is 8.59. The van der Waals surface area contributed by atoms with Gasteiger partial charge < -0.3 is 15.3 Å². The maximum absolute atomic E-state index is 8.91. The Labute approximate surface area is 62.3 Å². The van der Waals surface area contributed by atoms with Gasteiger partial charge in [-0.1, -0.05) is 0 Å². The molecule has 0 aliphatic carbocycles. The van der Waals surface area contributed by atoms with Crippen molar-refractivity contribution in [1.82, 2.24) is 5.06 Å². The summed E-state index contributed by atoms with van der Waals surface area (Å²) in [6.07, 6.45) is -1.63. The number of hydrogen-bond donors (Lipinski definition) is 4. The molecule has 1 aliphatic rings. The Balaban J connectivity index is 3.01. The van der Waals surface area contributed by atoms with E-state index in [0.717, 1.165) is 0 Å². The van der Waals surface area contributed by atoms with Crippen molar-refractivity contribution in [3.63, 3.8) is 0 Å². The van der Waals surface area contributed by atoms with Gasteiger partial charge in [0.1, 0.15) is 5.84 Å². The molecule has 6 heteroatoms. The lowest BCUT2D eigenvalue weighted by Gasteiger charge is -2.24. The first kappa shape index (κ1) is 7.83. The molecule has 0 aromatic heterocycles. The van der Waals surface area contributed by atoms with Gasteiger partial charge in [-0.05, 0) is 6.92 Å². The Morgan fingerprint density at radius 3 is 2.55 bits per heavy atom. The van der Waals surface area contributed by atoms with Crippen LogP contribution in [0, 0.1) is 0 Å². The van der Waals surface area contributed by atoms with Crippen LogP contribution in [-0.4, -0.2) is 37.7 Å². The second kappa shape index (κ2) is 2.40. The molecule has 0 bridgehead atoms. The summed E-state index contributed by atoms with van der Waals surface area (Å²) in [7, 11) is 0. The summed E-state index contributed by atoms with van der Waals surface area (Å²) in [5, 5.41) is 35.7. The van der Waals surface area contributed by atoms with Crippen LogP contribution in [0.3, 0.4) is 0 Å². The van der Waals surface area contributed by atoms with Gasteiger partial charge in [-0.2, -0.15) is 4.99 Å². The van der Waals surface area contributed by atoms with E-state index in [4.69, 9.17) is 20.5 Å². The Morgan fingerprint density at radius 2 is 2.00 bits per heavy atom. The van der Waals surface area contributed by atoms with E-state index >= 15 is 0 Å². The molecule has 62 valence electrons. The Hall–Kier alpha value is -1.27. The molecule has 0 fully saturated rings. The first-order valence-corrected chi connectivity index (χ1v) is 2.87. The lowest BCUT2D eigenvalue weighted by Crippen LogP contribution is -2.40. The van der Waals surface area contributed by atoms with E-state index in [0.29, 0.717) is 5.06 Å². The second-order valence-electron chi connectivity index (χ2n) is 2.09. The summed E-state index contributed by atoms with van der Waals surface area (Å²) in [6.45, 7) is 1.37. The molecule has 1 rings (SSSR count). The van der Waals surface area contributed by atoms with Crippen molar-refractivity contribution in [2.24, 2.45) is 4.99 Å². The minimum Gasteiger partial charge on any atom is -0.504 e. The predicted molar refractivity (Wildman–Crippen MR) is 35.0 cm³/mol. The third kappa shape index (κ3) is 1.13. The van der Waals surface area contributed by atoms with Gasteiger partial charge in [-0.3, -0.25) is 5.21 Å². The summed E-state index contributed by atoms with van der Waals surface area (Å²) in [5.74, 6) is -1.44. The van der Waals surface area contributed by atoms with E-state index in [-0.39, 0.29) is 5.84 Å². The van der Waals surface area contributed by atoms with Crippen LogP contribution >= 0.6 is 0 Å². The highest BCUT2D eigenvalue weighted by Gasteiger charge is 2.27. The molecule has 0 amide bonds. The molecule has 1 heterocycles. The zero-order valence-corrected chi connectivity index (χ0v) is 5.76. The Bertz CT molecular complexity index is 235. The van der Waals surface area contributed by atoms with Crippen LogP contribution in [0.4, 0.5) is 0 Å². The van der Waals surface area contributed by atoms with Crippen molar-refractivity contribution < 1.29 is 20.5 Å². The molecule has 1 unspecified atom stereocenters. The van der Waals surface area contributed by atoms with Crippen molar-refractivity contribution >= 4 is 5.84 Å². The van der Waals surface area contributed by atoms with Crippen LogP contribution in [0.5, 0.6) is 0 Å². The van der Waals surface area contributed by atoms with Gasteiger partial charge in [0.25, 0.3) is 5.88 Å². The SMILES string of the molecule is CC1=NC(O)=C(O)C(O)N1O. The molecular weight excluding hydrogens is 152 g/mol. The van der Waals surface area contributed by atoms with E-state index in [1.54, 1.807) is 0 Å². The highest BCUT2D eigenvalue weighted by molar-refractivity contribution is 5.80. The van der Waals surface area contributed by atoms with E-state index in [1.807, 2.05) is 0 Å². The molecule has 0 spiro atoms. The number of aliphatic hydroxyl groups excluding tert-OH is 3. The maximum atomic E-state index is 8.91. The largest absolute Gasteiger partial charge is 0.504 e. The van der Waals surface area contributed by atoms with Crippen LogP contribution in [0.2, 0.25) is 0 Å². The van der Waals surface area contributed by atoms with Gasteiger partial charge in [-0.25, -0.2) is 5.06 Å². The van der Waals surface area contributed by atoms with Gasteiger partial charge in [-0.15, -0.1) is 0 Å². The van der Waals surface area contributed by atoms with Crippen LogP contribution in [0.1, 0.15) is 6.92 Å². The summed E-state index contributed by atoms with van der Waals surface area (Å²) < 4.78 is 0. The van der Waals surface area contributed by atoms with Crippen molar-refractivity contribution in [2.75, 3.05) is 0 Å². The van der Waals surface area contributed by atoms with Crippen molar-refractivity contribution in [3.05, 3.63) is 11.6 Å². The molecule has 0 aromatic carbocycles. The number of amidine groups is 1. The number of rotatable bonds is 0. The summed E-state index contributed by atoms with van der Waals surface area (Å²) in [6, 6.07) is 0. The number of aliphatic hydroxyl groups is 3. The van der Waals surface area contributed by atoms with Gasteiger partial charge in [0.15, 0.2) is 0 Å². The van der Waals surface area contributed by atoms with Gasteiger partial charge in [0.05, 0.1) is 0 Å². The standard InChI is InChI=1S/C5H8N2O4/c1-2-6-4(9)3(8)5(10)7(2)11/h5,8-11H,1H3. The lowest BCUT2D eigenvalue weighted by atomic mass is 10.4. The van der Waals surface area contributed by atoms with Crippen molar-refractivity contribution in [3.8, 4) is 0 Å². The Kier molecular flexibility index (Phi) is 1.71. The normalized spacial score (nSPS) is 25.5. The van der Waals surface area contributed by atoms with E-state index in [9.17, 15) is 0 Å². The predicted octanol–water partition coefficient (Wildman–Crippen LogP) is -0.287. The number of aliphatic imine (C=N–C) groups is 1. The minimum atomic E-state index is -1.63. The Morgan fingerprint density at radius 1 is 1.45 bits per heavy atom. The van der Waals surface area contributed by atoms with E-state index in [1.165, 1.54) is 6.92 Å². The average Bonchev–Trinajstić information content (AvgIpc) is 1.97. The fourth-order valence-electron chi connectivity index (χ4n) is 0.670. The van der Waals surface area contributed by atoms with Crippen LogP contribution in [0.15, 0.2) is 16.6 Å². The first-order chi connectivity index (χ1) is 5.04. The van der Waals surface area contributed by atoms with Crippen LogP contribution in [-0.2, 0) is 0 Å². The molecule has 0 aromatic rings.